The Morgan fingerprint density at radius 3 is 1.10 bits per heavy atom. The fourth-order valence-corrected chi connectivity index (χ4v) is 6.85. The van der Waals surface area contributed by atoms with E-state index in [9.17, 15) is 24.0 Å². The lowest BCUT2D eigenvalue weighted by Gasteiger charge is -2.18. The van der Waals surface area contributed by atoms with Crippen LogP contribution in [0.3, 0.4) is 0 Å². The summed E-state index contributed by atoms with van der Waals surface area (Å²) in [6.45, 7) is 17.9. The van der Waals surface area contributed by atoms with Gasteiger partial charge in [-0.2, -0.15) is 0 Å². The summed E-state index contributed by atoms with van der Waals surface area (Å²) in [4.78, 5) is 65.1. The molecule has 1 saturated heterocycles. The Hall–Kier alpha value is -3.73. The molecule has 11 nitrogen and oxygen atoms in total. The van der Waals surface area contributed by atoms with E-state index < -0.39 is 17.9 Å². The summed E-state index contributed by atoms with van der Waals surface area (Å²) in [5.41, 5.74) is 0. The highest BCUT2D eigenvalue weighted by Crippen LogP contribution is 2.18. The van der Waals surface area contributed by atoms with E-state index in [4.69, 9.17) is 23.7 Å². The first-order valence-electron chi connectivity index (χ1n) is 22.7. The van der Waals surface area contributed by atoms with Gasteiger partial charge in [-0.25, -0.2) is 0 Å². The Labute approximate surface area is 356 Å². The van der Waals surface area contributed by atoms with Gasteiger partial charge in [0.25, 0.3) is 0 Å². The molecule has 1 aliphatic rings. The van der Waals surface area contributed by atoms with E-state index in [1.54, 1.807) is 0 Å². The molecule has 1 heterocycles. The second-order valence-electron chi connectivity index (χ2n) is 15.8. The van der Waals surface area contributed by atoms with Crippen LogP contribution in [0.5, 0.6) is 0 Å². The van der Waals surface area contributed by atoms with E-state index in [0.29, 0.717) is 64.2 Å². The summed E-state index contributed by atoms with van der Waals surface area (Å²) < 4.78 is 28.1. The van der Waals surface area contributed by atoms with Crippen LogP contribution in [-0.4, -0.2) is 86.4 Å². The van der Waals surface area contributed by atoms with Crippen molar-refractivity contribution in [2.45, 2.75) is 179 Å². The lowest BCUT2D eigenvalue weighted by molar-refractivity contribution is -0.154. The number of nitrogens with zero attached hydrogens (tertiary/aromatic N) is 1. The Kier molecular flexibility index (Phi) is 33.7. The molecule has 0 spiro atoms. The second-order valence-corrected chi connectivity index (χ2v) is 15.8. The Morgan fingerprint density at radius 1 is 0.441 bits per heavy atom. The highest BCUT2D eigenvalue weighted by Gasteiger charge is 2.20. The zero-order valence-corrected chi connectivity index (χ0v) is 36.5. The lowest BCUT2D eigenvalue weighted by atomic mass is 10.1. The third-order valence-corrected chi connectivity index (χ3v) is 10.4. The number of carbonyl (C=O) groups excluding carboxylic acids is 5. The number of unbranched alkanes of at least 4 members (excludes halogenated alkanes) is 8. The highest BCUT2D eigenvalue weighted by atomic mass is 16.6. The molecule has 1 rings (SSSR count). The summed E-state index contributed by atoms with van der Waals surface area (Å²) >= 11 is 0. The van der Waals surface area contributed by atoms with Crippen molar-refractivity contribution >= 4 is 29.8 Å². The van der Waals surface area contributed by atoms with E-state index in [-0.39, 0.29) is 62.8 Å². The molecule has 0 unspecified atom stereocenters. The van der Waals surface area contributed by atoms with Crippen molar-refractivity contribution in [2.75, 3.05) is 39.5 Å². The first kappa shape index (κ1) is 53.3. The van der Waals surface area contributed by atoms with Gasteiger partial charge in [0.1, 0.15) is 32.0 Å². The van der Waals surface area contributed by atoms with Gasteiger partial charge in [-0.3, -0.25) is 24.0 Å². The van der Waals surface area contributed by atoms with Crippen LogP contribution < -0.4 is 0 Å². The summed E-state index contributed by atoms with van der Waals surface area (Å²) in [5, 5.41) is 0. The maximum absolute atomic E-state index is 12.6. The molecule has 0 N–H and O–H groups in total. The van der Waals surface area contributed by atoms with Crippen molar-refractivity contribution in [3.05, 3.63) is 50.6 Å². The predicted octanol–water partition coefficient (Wildman–Crippen LogP) is 10.3. The molecule has 1 fully saturated rings. The molecule has 59 heavy (non-hydrogen) atoms. The largest absolute Gasteiger partial charge is 0.465 e. The lowest BCUT2D eigenvalue weighted by Crippen LogP contribution is -2.27. The van der Waals surface area contributed by atoms with Crippen LogP contribution in [0.1, 0.15) is 167 Å². The number of rotatable bonds is 40. The van der Waals surface area contributed by atoms with Crippen molar-refractivity contribution in [2.24, 2.45) is 5.92 Å². The fraction of sp³-hybridized carbons (Fsp3) is 0.729. The van der Waals surface area contributed by atoms with Gasteiger partial charge >= 0.3 is 29.8 Å². The third-order valence-electron chi connectivity index (χ3n) is 10.4. The molecule has 336 valence electrons. The van der Waals surface area contributed by atoms with Crippen molar-refractivity contribution in [1.82, 2.24) is 4.90 Å². The van der Waals surface area contributed by atoms with E-state index in [1.807, 2.05) is 24.3 Å². The van der Waals surface area contributed by atoms with Crippen LogP contribution in [0, 0.1) is 5.92 Å². The molecule has 11 heteroatoms. The molecule has 1 aliphatic heterocycles. The van der Waals surface area contributed by atoms with Crippen molar-refractivity contribution in [1.29, 1.82) is 0 Å². The molecule has 0 amide bonds. The standard InChI is InChI=1S/C48H79NO10/c1-5-9-15-26-42(27-16-10-6-2)58-47(53)32-21-13-19-30-44(50)55-38-41(40-57-46(52)34-25-37-49-35-23-24-36-49)39-56-45(51)31-20-14-22-33-48(54)59-43(28-17-11-7-3)29-18-12-8-4/h5-8,41-43H,1-4,9-40H2. The number of carbonyl (C=O) groups is 5. The number of hydrogen-bond donors (Lipinski definition) is 0. The van der Waals surface area contributed by atoms with Gasteiger partial charge in [0.2, 0.25) is 0 Å². The molecular weight excluding hydrogens is 751 g/mol. The summed E-state index contributed by atoms with van der Waals surface area (Å²) in [6.07, 6.45) is 25.8. The molecule has 0 atom stereocenters. The highest BCUT2D eigenvalue weighted by molar-refractivity contribution is 5.71. The molecule has 0 aliphatic carbocycles. The van der Waals surface area contributed by atoms with Gasteiger partial charge in [-0.1, -0.05) is 37.1 Å². The normalized spacial score (nSPS) is 12.7. The number of esters is 5. The van der Waals surface area contributed by atoms with Crippen molar-refractivity contribution in [3.63, 3.8) is 0 Å². The smallest absolute Gasteiger partial charge is 0.306 e. The maximum Gasteiger partial charge on any atom is 0.306 e. The van der Waals surface area contributed by atoms with Crippen LogP contribution in [0.4, 0.5) is 0 Å². The van der Waals surface area contributed by atoms with Crippen LogP contribution >= 0.6 is 0 Å². The van der Waals surface area contributed by atoms with Gasteiger partial charge in [-0.15, -0.1) is 26.3 Å². The number of allylic oxidation sites excluding steroid dienone is 4. The Morgan fingerprint density at radius 2 is 0.763 bits per heavy atom. The number of ether oxygens (including phenoxy) is 5. The SMILES string of the molecule is C=CCCCC(CCCC=C)OC(=O)CCCCCC(=O)OCC(COC(=O)CCCCCC(=O)OC(CCCC=C)CCCC=C)COC(=O)CCCN1CCCC1. The summed E-state index contributed by atoms with van der Waals surface area (Å²) in [5.74, 6) is -2.07. The van der Waals surface area contributed by atoms with E-state index in [1.165, 1.54) is 12.8 Å². The molecule has 0 aromatic rings. The first-order chi connectivity index (χ1) is 28.7. The van der Waals surface area contributed by atoms with Gasteiger partial charge in [0, 0.05) is 32.1 Å². The predicted molar refractivity (Wildman–Crippen MR) is 233 cm³/mol. The summed E-state index contributed by atoms with van der Waals surface area (Å²) in [7, 11) is 0. The van der Waals surface area contributed by atoms with Crippen LogP contribution in [0.15, 0.2) is 50.6 Å². The van der Waals surface area contributed by atoms with Crippen molar-refractivity contribution in [3.8, 4) is 0 Å². The first-order valence-corrected chi connectivity index (χ1v) is 22.7. The van der Waals surface area contributed by atoms with E-state index >= 15 is 0 Å². The topological polar surface area (TPSA) is 135 Å². The summed E-state index contributed by atoms with van der Waals surface area (Å²) in [6, 6.07) is 0. The molecule has 0 aromatic heterocycles. The molecule has 0 bridgehead atoms. The molecule has 0 aromatic carbocycles. The van der Waals surface area contributed by atoms with E-state index in [2.05, 4.69) is 31.2 Å². The minimum Gasteiger partial charge on any atom is -0.465 e. The molecule has 0 radical (unpaired) electrons. The van der Waals surface area contributed by atoms with E-state index in [0.717, 1.165) is 96.7 Å². The second kappa shape index (κ2) is 37.3. The Bertz CT molecular complexity index is 1100. The number of likely N-dealkylation sites (tertiary alicyclic amines) is 1. The van der Waals surface area contributed by atoms with Gasteiger partial charge in [-0.05, 0) is 142 Å². The average molecular weight is 830 g/mol. The Balaban J connectivity index is 2.47. The quantitative estimate of drug-likeness (QED) is 0.0253. The van der Waals surface area contributed by atoms with Crippen molar-refractivity contribution < 1.29 is 47.7 Å². The van der Waals surface area contributed by atoms with Gasteiger partial charge in [0.15, 0.2) is 0 Å². The molecular formula is C48H79NO10. The fourth-order valence-electron chi connectivity index (χ4n) is 6.85. The van der Waals surface area contributed by atoms with Gasteiger partial charge in [0.05, 0.1) is 5.92 Å². The van der Waals surface area contributed by atoms with Gasteiger partial charge < -0.3 is 28.6 Å². The average Bonchev–Trinajstić information content (AvgIpc) is 3.74. The zero-order chi connectivity index (χ0) is 43.2. The zero-order valence-electron chi connectivity index (χ0n) is 36.5. The maximum atomic E-state index is 12.6. The van der Waals surface area contributed by atoms with Crippen LogP contribution in [-0.2, 0) is 47.7 Å². The minimum absolute atomic E-state index is 0.0301. The third kappa shape index (κ3) is 31.8. The van der Waals surface area contributed by atoms with Crippen LogP contribution in [0.25, 0.3) is 0 Å². The van der Waals surface area contributed by atoms with Crippen LogP contribution in [0.2, 0.25) is 0 Å². The minimum atomic E-state index is -0.508. The molecule has 0 saturated carbocycles. The monoisotopic (exact) mass is 830 g/mol. The number of hydrogen-bond acceptors (Lipinski definition) is 11.